The average molecular weight is 318 g/mol. The van der Waals surface area contributed by atoms with Crippen LogP contribution in [0.25, 0.3) is 11.0 Å². The van der Waals surface area contributed by atoms with Crippen LogP contribution in [0.2, 0.25) is 5.02 Å². The van der Waals surface area contributed by atoms with Gasteiger partial charge in [0.15, 0.2) is 5.16 Å². The number of aromatic amines is 1. The third-order valence-electron chi connectivity index (χ3n) is 3.26. The number of fused-ring (bicyclic) bond motifs is 1. The highest BCUT2D eigenvalue weighted by Gasteiger charge is 2.08. The molecule has 0 aliphatic carbocycles. The highest BCUT2D eigenvalue weighted by atomic mass is 35.5. The first kappa shape index (κ1) is 14.3. The second-order valence-electron chi connectivity index (χ2n) is 5.02. The number of nitrogens with zero attached hydrogens (tertiary/aromatic N) is 2. The molecule has 0 atom stereocenters. The highest BCUT2D eigenvalue weighted by Crippen LogP contribution is 2.29. The highest BCUT2D eigenvalue weighted by molar-refractivity contribution is 7.98. The molecular formula is C16H16ClN3S. The Kier molecular flexibility index (Phi) is 4.08. The van der Waals surface area contributed by atoms with Gasteiger partial charge in [-0.1, -0.05) is 35.5 Å². The molecule has 0 fully saturated rings. The first-order valence-electron chi connectivity index (χ1n) is 6.67. The van der Waals surface area contributed by atoms with Crippen LogP contribution in [-0.2, 0) is 5.75 Å². The van der Waals surface area contributed by atoms with Crippen LogP contribution in [0.5, 0.6) is 0 Å². The molecule has 0 spiro atoms. The van der Waals surface area contributed by atoms with Crippen LogP contribution in [0.1, 0.15) is 5.56 Å². The Morgan fingerprint density at radius 3 is 2.76 bits per heavy atom. The number of hydrogen-bond donors (Lipinski definition) is 1. The quantitative estimate of drug-likeness (QED) is 0.715. The lowest BCUT2D eigenvalue weighted by Crippen LogP contribution is -2.10. The van der Waals surface area contributed by atoms with Crippen molar-refractivity contribution >= 4 is 40.1 Å². The molecule has 0 amide bonds. The number of para-hydroxylation sites is 2. The Morgan fingerprint density at radius 2 is 2.00 bits per heavy atom. The van der Waals surface area contributed by atoms with E-state index in [0.717, 1.165) is 27.0 Å². The van der Waals surface area contributed by atoms with Gasteiger partial charge in [-0.3, -0.25) is 0 Å². The Morgan fingerprint density at radius 1 is 1.19 bits per heavy atom. The minimum Gasteiger partial charge on any atom is -0.377 e. The number of thioether (sulfide) groups is 1. The number of halogens is 1. The summed E-state index contributed by atoms with van der Waals surface area (Å²) in [6.07, 6.45) is 0. The molecule has 3 aromatic rings. The standard InChI is InChI=1S/C16H16ClN3S/c1-20(2)15-8-7-12(17)9-11(15)10-21-16-18-13-5-3-4-6-14(13)19-16/h3-9H,10H2,1-2H3,(H,18,19). The first-order valence-corrected chi connectivity index (χ1v) is 8.03. The van der Waals surface area contributed by atoms with Crippen molar-refractivity contribution in [2.45, 2.75) is 10.9 Å². The summed E-state index contributed by atoms with van der Waals surface area (Å²) in [5.74, 6) is 0.827. The Labute approximate surface area is 133 Å². The molecule has 3 rings (SSSR count). The molecule has 1 aromatic heterocycles. The Balaban J connectivity index is 1.82. The van der Waals surface area contributed by atoms with E-state index in [-0.39, 0.29) is 0 Å². The normalized spacial score (nSPS) is 11.0. The van der Waals surface area contributed by atoms with Crippen LogP contribution in [0.4, 0.5) is 5.69 Å². The van der Waals surface area contributed by atoms with Gasteiger partial charge in [-0.2, -0.15) is 0 Å². The molecule has 108 valence electrons. The van der Waals surface area contributed by atoms with Crippen LogP contribution in [-0.4, -0.2) is 24.1 Å². The van der Waals surface area contributed by atoms with Crippen molar-refractivity contribution < 1.29 is 0 Å². The number of aromatic nitrogens is 2. The fraction of sp³-hybridized carbons (Fsp3) is 0.188. The van der Waals surface area contributed by atoms with E-state index in [2.05, 4.69) is 20.9 Å². The lowest BCUT2D eigenvalue weighted by atomic mass is 10.2. The summed E-state index contributed by atoms with van der Waals surface area (Å²) in [5.41, 5.74) is 4.46. The number of H-pyrrole nitrogens is 1. The minimum atomic E-state index is 0.765. The summed E-state index contributed by atoms with van der Waals surface area (Å²) in [6, 6.07) is 14.1. The third-order valence-corrected chi connectivity index (χ3v) is 4.41. The first-order chi connectivity index (χ1) is 10.1. The van der Waals surface area contributed by atoms with Crippen molar-refractivity contribution in [3.8, 4) is 0 Å². The van der Waals surface area contributed by atoms with E-state index < -0.39 is 0 Å². The molecule has 0 bridgehead atoms. The minimum absolute atomic E-state index is 0.765. The zero-order valence-electron chi connectivity index (χ0n) is 11.9. The lowest BCUT2D eigenvalue weighted by Gasteiger charge is -2.17. The number of rotatable bonds is 4. The maximum absolute atomic E-state index is 6.12. The predicted octanol–water partition coefficient (Wildman–Crippen LogP) is 4.57. The summed E-state index contributed by atoms with van der Waals surface area (Å²) in [7, 11) is 4.08. The van der Waals surface area contributed by atoms with Gasteiger partial charge in [0, 0.05) is 30.6 Å². The molecule has 0 unspecified atom stereocenters. The largest absolute Gasteiger partial charge is 0.377 e. The van der Waals surface area contributed by atoms with Gasteiger partial charge >= 0.3 is 0 Å². The molecule has 21 heavy (non-hydrogen) atoms. The van der Waals surface area contributed by atoms with Gasteiger partial charge in [0.2, 0.25) is 0 Å². The van der Waals surface area contributed by atoms with E-state index >= 15 is 0 Å². The van der Waals surface area contributed by atoms with Crippen LogP contribution in [0, 0.1) is 0 Å². The van der Waals surface area contributed by atoms with Crippen molar-refractivity contribution in [3.05, 3.63) is 53.1 Å². The smallest absolute Gasteiger partial charge is 0.166 e. The van der Waals surface area contributed by atoms with Crippen LogP contribution < -0.4 is 4.90 Å². The molecule has 1 N–H and O–H groups in total. The van der Waals surface area contributed by atoms with Crippen LogP contribution in [0.3, 0.4) is 0 Å². The number of hydrogen-bond acceptors (Lipinski definition) is 3. The molecule has 0 aliphatic rings. The average Bonchev–Trinajstić information content (AvgIpc) is 2.87. The molecular weight excluding hydrogens is 302 g/mol. The van der Waals surface area contributed by atoms with E-state index in [0.29, 0.717) is 0 Å². The number of imidazole rings is 1. The second-order valence-corrected chi connectivity index (χ2v) is 6.42. The van der Waals surface area contributed by atoms with E-state index in [4.69, 9.17) is 11.6 Å². The molecule has 0 aliphatic heterocycles. The molecule has 0 saturated carbocycles. The summed E-state index contributed by atoms with van der Waals surface area (Å²) in [5, 5.41) is 1.70. The summed E-state index contributed by atoms with van der Waals surface area (Å²) in [6.45, 7) is 0. The molecule has 2 aromatic carbocycles. The van der Waals surface area contributed by atoms with Gasteiger partial charge < -0.3 is 9.88 Å². The van der Waals surface area contributed by atoms with E-state index in [1.165, 1.54) is 11.3 Å². The molecule has 0 radical (unpaired) electrons. The maximum atomic E-state index is 6.12. The van der Waals surface area contributed by atoms with Crippen LogP contribution in [0.15, 0.2) is 47.6 Å². The van der Waals surface area contributed by atoms with Gasteiger partial charge in [0.25, 0.3) is 0 Å². The summed E-state index contributed by atoms with van der Waals surface area (Å²) >= 11 is 7.80. The third kappa shape index (κ3) is 3.17. The van der Waals surface area contributed by atoms with Gasteiger partial charge in [0.05, 0.1) is 11.0 Å². The molecule has 5 heteroatoms. The zero-order valence-corrected chi connectivity index (χ0v) is 13.5. The van der Waals surface area contributed by atoms with E-state index in [9.17, 15) is 0 Å². The monoisotopic (exact) mass is 317 g/mol. The van der Waals surface area contributed by atoms with E-state index in [1.54, 1.807) is 11.8 Å². The SMILES string of the molecule is CN(C)c1ccc(Cl)cc1CSc1nc2ccccc2[nH]1. The van der Waals surface area contributed by atoms with Crippen molar-refractivity contribution in [3.63, 3.8) is 0 Å². The molecule has 1 heterocycles. The molecule has 3 nitrogen and oxygen atoms in total. The number of benzene rings is 2. The predicted molar refractivity (Wildman–Crippen MR) is 91.4 cm³/mol. The summed E-state index contributed by atoms with van der Waals surface area (Å²) in [4.78, 5) is 10.0. The second kappa shape index (κ2) is 6.00. The zero-order chi connectivity index (χ0) is 14.8. The molecule has 0 saturated heterocycles. The van der Waals surface area contributed by atoms with Crippen molar-refractivity contribution in [2.75, 3.05) is 19.0 Å². The fourth-order valence-corrected chi connectivity index (χ4v) is 3.31. The maximum Gasteiger partial charge on any atom is 0.166 e. The number of nitrogens with one attached hydrogen (secondary N) is 1. The van der Waals surface area contributed by atoms with Crippen LogP contribution >= 0.6 is 23.4 Å². The van der Waals surface area contributed by atoms with Gasteiger partial charge in [-0.05, 0) is 35.9 Å². The Hall–Kier alpha value is -1.65. The Bertz CT molecular complexity index is 734. The van der Waals surface area contributed by atoms with Crippen molar-refractivity contribution in [1.29, 1.82) is 0 Å². The van der Waals surface area contributed by atoms with Crippen molar-refractivity contribution in [2.24, 2.45) is 0 Å². The number of anilines is 1. The van der Waals surface area contributed by atoms with E-state index in [1.807, 2.05) is 50.5 Å². The van der Waals surface area contributed by atoms with Gasteiger partial charge in [-0.25, -0.2) is 4.98 Å². The lowest BCUT2D eigenvalue weighted by molar-refractivity contribution is 1.07. The van der Waals surface area contributed by atoms with Gasteiger partial charge in [0.1, 0.15) is 0 Å². The fourth-order valence-electron chi connectivity index (χ4n) is 2.25. The van der Waals surface area contributed by atoms with Gasteiger partial charge in [-0.15, -0.1) is 0 Å². The topological polar surface area (TPSA) is 31.9 Å². The summed E-state index contributed by atoms with van der Waals surface area (Å²) < 4.78 is 0. The van der Waals surface area contributed by atoms with Crippen molar-refractivity contribution in [1.82, 2.24) is 9.97 Å².